The first-order valence-electron chi connectivity index (χ1n) is 6.51. The van der Waals surface area contributed by atoms with E-state index in [4.69, 9.17) is 14.6 Å². The number of phenols is 1. The Hall–Kier alpha value is -2.95. The van der Waals surface area contributed by atoms with Crippen LogP contribution in [0.3, 0.4) is 0 Å². The second-order valence-electron chi connectivity index (χ2n) is 4.51. The Balaban J connectivity index is 2.55. The molecule has 0 spiro atoms. The lowest BCUT2D eigenvalue weighted by Gasteiger charge is -2.12. The van der Waals surface area contributed by atoms with Gasteiger partial charge in [0.15, 0.2) is 11.5 Å². The molecule has 0 bridgehead atoms. The van der Waals surface area contributed by atoms with Gasteiger partial charge in [0.25, 0.3) is 0 Å². The highest BCUT2D eigenvalue weighted by Gasteiger charge is 2.11. The summed E-state index contributed by atoms with van der Waals surface area (Å²) >= 11 is 0. The summed E-state index contributed by atoms with van der Waals surface area (Å²) in [4.78, 5) is 11.1. The van der Waals surface area contributed by atoms with Crippen LogP contribution in [-0.2, 0) is 4.79 Å². The second-order valence-corrected chi connectivity index (χ2v) is 4.51. The summed E-state index contributed by atoms with van der Waals surface area (Å²) in [6.07, 6.45) is 1.12. The van der Waals surface area contributed by atoms with E-state index < -0.39 is 5.97 Å². The number of phenolic OH excluding ortho intramolecular Hbond substituents is 1. The van der Waals surface area contributed by atoms with Gasteiger partial charge < -0.3 is 19.7 Å². The minimum atomic E-state index is -1.06. The molecule has 5 nitrogen and oxygen atoms in total. The molecular formula is C17H16O5. The van der Waals surface area contributed by atoms with E-state index in [9.17, 15) is 9.90 Å². The number of carbonyl (C=O) groups is 1. The highest BCUT2D eigenvalue weighted by Crippen LogP contribution is 2.33. The van der Waals surface area contributed by atoms with Crippen molar-refractivity contribution in [2.45, 2.75) is 0 Å². The lowest BCUT2D eigenvalue weighted by molar-refractivity contribution is -0.131. The van der Waals surface area contributed by atoms with E-state index in [0.717, 1.165) is 6.08 Å². The van der Waals surface area contributed by atoms with Crippen LogP contribution in [0.15, 0.2) is 48.5 Å². The molecule has 5 heteroatoms. The number of aromatic hydroxyl groups is 1. The molecule has 0 fully saturated rings. The van der Waals surface area contributed by atoms with E-state index in [1.165, 1.54) is 26.4 Å². The fourth-order valence-corrected chi connectivity index (χ4v) is 2.10. The Morgan fingerprint density at radius 2 is 1.55 bits per heavy atom. The molecule has 0 heterocycles. The normalized spacial score (nSPS) is 11.1. The monoisotopic (exact) mass is 300 g/mol. The predicted molar refractivity (Wildman–Crippen MR) is 82.4 cm³/mol. The average Bonchev–Trinajstić information content (AvgIpc) is 2.52. The SMILES string of the molecule is COc1ccc(/C(=C/C(=O)O)c2ccc(O)cc2)cc1OC. The molecule has 2 aromatic carbocycles. The van der Waals surface area contributed by atoms with Crippen molar-refractivity contribution in [1.82, 2.24) is 0 Å². The van der Waals surface area contributed by atoms with Gasteiger partial charge in [-0.1, -0.05) is 18.2 Å². The molecule has 0 unspecified atom stereocenters. The van der Waals surface area contributed by atoms with Crippen LogP contribution < -0.4 is 9.47 Å². The van der Waals surface area contributed by atoms with Crippen LogP contribution in [0.5, 0.6) is 17.2 Å². The Bertz CT molecular complexity index is 701. The standard InChI is InChI=1S/C17H16O5/c1-21-15-8-5-12(9-16(15)22-2)14(10-17(19)20)11-3-6-13(18)7-4-11/h3-10,18H,1-2H3,(H,19,20)/b14-10+. The minimum Gasteiger partial charge on any atom is -0.508 e. The van der Waals surface area contributed by atoms with E-state index in [0.29, 0.717) is 28.2 Å². The van der Waals surface area contributed by atoms with Crippen molar-refractivity contribution in [1.29, 1.82) is 0 Å². The van der Waals surface area contributed by atoms with Crippen molar-refractivity contribution >= 4 is 11.5 Å². The molecule has 0 saturated carbocycles. The third kappa shape index (κ3) is 3.38. The van der Waals surface area contributed by atoms with Crippen LogP contribution >= 0.6 is 0 Å². The lowest BCUT2D eigenvalue weighted by Crippen LogP contribution is -1.97. The summed E-state index contributed by atoms with van der Waals surface area (Å²) in [5, 5.41) is 18.5. The molecule has 114 valence electrons. The van der Waals surface area contributed by atoms with Crippen LogP contribution in [0.4, 0.5) is 0 Å². The number of benzene rings is 2. The van der Waals surface area contributed by atoms with Crippen molar-refractivity contribution in [2.75, 3.05) is 14.2 Å². The van der Waals surface area contributed by atoms with Crippen LogP contribution in [0.1, 0.15) is 11.1 Å². The fraction of sp³-hybridized carbons (Fsp3) is 0.118. The van der Waals surface area contributed by atoms with Gasteiger partial charge in [0.2, 0.25) is 0 Å². The maximum absolute atomic E-state index is 11.1. The molecule has 0 aliphatic rings. The zero-order valence-electron chi connectivity index (χ0n) is 12.2. The molecule has 2 N–H and O–H groups in total. The minimum absolute atomic E-state index is 0.116. The Kier molecular flexibility index (Phi) is 4.68. The Morgan fingerprint density at radius 3 is 2.09 bits per heavy atom. The van der Waals surface area contributed by atoms with E-state index in [1.54, 1.807) is 30.3 Å². The molecule has 0 aliphatic carbocycles. The van der Waals surface area contributed by atoms with Gasteiger partial charge in [0, 0.05) is 6.08 Å². The van der Waals surface area contributed by atoms with Gasteiger partial charge in [-0.05, 0) is 41.0 Å². The summed E-state index contributed by atoms with van der Waals surface area (Å²) in [7, 11) is 3.05. The topological polar surface area (TPSA) is 76.0 Å². The number of ether oxygens (including phenoxy) is 2. The lowest BCUT2D eigenvalue weighted by atomic mass is 9.97. The first kappa shape index (κ1) is 15.4. The molecule has 0 aromatic heterocycles. The predicted octanol–water partition coefficient (Wildman–Crippen LogP) is 2.93. The van der Waals surface area contributed by atoms with Crippen molar-refractivity contribution in [2.24, 2.45) is 0 Å². The second kappa shape index (κ2) is 6.67. The van der Waals surface area contributed by atoms with E-state index >= 15 is 0 Å². The Morgan fingerprint density at radius 1 is 0.955 bits per heavy atom. The number of hydrogen-bond acceptors (Lipinski definition) is 4. The molecule has 0 radical (unpaired) electrons. The number of methoxy groups -OCH3 is 2. The number of carboxylic acids is 1. The fourth-order valence-electron chi connectivity index (χ4n) is 2.10. The smallest absolute Gasteiger partial charge is 0.328 e. The van der Waals surface area contributed by atoms with Crippen molar-refractivity contribution in [3.63, 3.8) is 0 Å². The average molecular weight is 300 g/mol. The molecule has 0 amide bonds. The van der Waals surface area contributed by atoms with E-state index in [1.807, 2.05) is 0 Å². The zero-order chi connectivity index (χ0) is 16.1. The molecule has 22 heavy (non-hydrogen) atoms. The van der Waals surface area contributed by atoms with E-state index in [2.05, 4.69) is 0 Å². The number of aliphatic carboxylic acids is 1. The quantitative estimate of drug-likeness (QED) is 0.830. The largest absolute Gasteiger partial charge is 0.508 e. The summed E-state index contributed by atoms with van der Waals surface area (Å²) in [6.45, 7) is 0. The summed E-state index contributed by atoms with van der Waals surface area (Å²) in [6, 6.07) is 11.5. The van der Waals surface area contributed by atoms with Crippen LogP contribution in [0.2, 0.25) is 0 Å². The van der Waals surface area contributed by atoms with Crippen LogP contribution in [-0.4, -0.2) is 30.4 Å². The Labute approximate surface area is 128 Å². The first-order chi connectivity index (χ1) is 10.5. The van der Waals surface area contributed by atoms with Crippen LogP contribution in [0, 0.1) is 0 Å². The molecule has 2 rings (SSSR count). The first-order valence-corrected chi connectivity index (χ1v) is 6.51. The van der Waals surface area contributed by atoms with E-state index in [-0.39, 0.29) is 5.75 Å². The van der Waals surface area contributed by atoms with Gasteiger partial charge in [0.1, 0.15) is 5.75 Å². The summed E-state index contributed by atoms with van der Waals surface area (Å²) in [5.74, 6) is 0.130. The third-order valence-corrected chi connectivity index (χ3v) is 3.14. The zero-order valence-corrected chi connectivity index (χ0v) is 12.2. The van der Waals surface area contributed by atoms with Gasteiger partial charge in [-0.15, -0.1) is 0 Å². The number of hydrogen-bond donors (Lipinski definition) is 2. The maximum Gasteiger partial charge on any atom is 0.328 e. The van der Waals surface area contributed by atoms with Gasteiger partial charge in [-0.2, -0.15) is 0 Å². The van der Waals surface area contributed by atoms with Gasteiger partial charge in [-0.3, -0.25) is 0 Å². The third-order valence-electron chi connectivity index (χ3n) is 3.14. The number of carboxylic acid groups (broad SMARTS) is 1. The molecular weight excluding hydrogens is 284 g/mol. The van der Waals surface area contributed by atoms with Crippen molar-refractivity contribution in [3.8, 4) is 17.2 Å². The van der Waals surface area contributed by atoms with Gasteiger partial charge in [-0.25, -0.2) is 4.79 Å². The number of rotatable bonds is 5. The molecule has 0 atom stereocenters. The van der Waals surface area contributed by atoms with Gasteiger partial charge >= 0.3 is 5.97 Å². The maximum atomic E-state index is 11.1. The molecule has 0 saturated heterocycles. The summed E-state index contributed by atoms with van der Waals surface area (Å²) in [5.41, 5.74) is 1.85. The summed E-state index contributed by atoms with van der Waals surface area (Å²) < 4.78 is 10.4. The van der Waals surface area contributed by atoms with Crippen molar-refractivity contribution < 1.29 is 24.5 Å². The van der Waals surface area contributed by atoms with Crippen molar-refractivity contribution in [3.05, 3.63) is 59.7 Å². The highest BCUT2D eigenvalue weighted by atomic mass is 16.5. The highest BCUT2D eigenvalue weighted by molar-refractivity contribution is 5.95. The van der Waals surface area contributed by atoms with Crippen LogP contribution in [0.25, 0.3) is 5.57 Å². The molecule has 2 aromatic rings. The van der Waals surface area contributed by atoms with Gasteiger partial charge in [0.05, 0.1) is 14.2 Å². The molecule has 0 aliphatic heterocycles.